The molecule has 6 nitrogen and oxygen atoms in total. The number of ketones is 1. The van der Waals surface area contributed by atoms with E-state index in [-0.39, 0.29) is 30.7 Å². The van der Waals surface area contributed by atoms with Crippen molar-refractivity contribution in [3.05, 3.63) is 53.6 Å². The molecule has 2 aromatic carbocycles. The van der Waals surface area contributed by atoms with Crippen LogP contribution in [0.4, 0.5) is 5.69 Å². The highest BCUT2D eigenvalue weighted by Crippen LogP contribution is 2.27. The fraction of sp³-hybridized carbons (Fsp3) is 0.500. The van der Waals surface area contributed by atoms with Crippen molar-refractivity contribution in [2.75, 3.05) is 25.6 Å². The Labute approximate surface area is 203 Å². The molecule has 2 atom stereocenters. The summed E-state index contributed by atoms with van der Waals surface area (Å²) < 4.78 is 16.3. The Morgan fingerprint density at radius 1 is 0.824 bits per heavy atom. The maximum atomic E-state index is 13.4. The van der Waals surface area contributed by atoms with Gasteiger partial charge in [-0.05, 0) is 75.4 Å². The first-order valence-electron chi connectivity index (χ1n) is 12.3. The van der Waals surface area contributed by atoms with Gasteiger partial charge in [0.25, 0.3) is 0 Å². The average Bonchev–Trinajstić information content (AvgIpc) is 2.81. The second kappa shape index (κ2) is 14.3. The molecule has 0 fully saturated rings. The summed E-state index contributed by atoms with van der Waals surface area (Å²) in [5.74, 6) is 0.494. The van der Waals surface area contributed by atoms with Gasteiger partial charge in [0.1, 0.15) is 17.3 Å². The zero-order chi connectivity index (χ0) is 24.9. The van der Waals surface area contributed by atoms with E-state index in [1.54, 1.807) is 6.92 Å². The lowest BCUT2D eigenvalue weighted by molar-refractivity contribution is -0.150. The number of ether oxygens (including phenoxy) is 3. The molecule has 0 saturated carbocycles. The second-order valence-corrected chi connectivity index (χ2v) is 8.40. The van der Waals surface area contributed by atoms with Gasteiger partial charge in [0.05, 0.1) is 31.4 Å². The number of nitrogen functional groups attached to an aromatic ring is 1. The van der Waals surface area contributed by atoms with Crippen LogP contribution in [0, 0.1) is 11.8 Å². The van der Waals surface area contributed by atoms with Gasteiger partial charge in [-0.2, -0.15) is 0 Å². The van der Waals surface area contributed by atoms with E-state index in [0.29, 0.717) is 37.5 Å². The van der Waals surface area contributed by atoms with Crippen LogP contribution in [0.3, 0.4) is 0 Å². The summed E-state index contributed by atoms with van der Waals surface area (Å²) >= 11 is 0. The van der Waals surface area contributed by atoms with Gasteiger partial charge in [0.15, 0.2) is 0 Å². The zero-order valence-electron chi connectivity index (χ0n) is 21.0. The van der Waals surface area contributed by atoms with Gasteiger partial charge < -0.3 is 19.9 Å². The molecular weight excluding hydrogens is 430 g/mol. The second-order valence-electron chi connectivity index (χ2n) is 8.40. The SMILES string of the molecule is CCCC(Cc1ccc(OCC)c(N)c1)C(=O)CC(Cc1ccc(OCC)cc1)C(=O)OCC. The molecule has 0 aliphatic carbocycles. The molecule has 0 radical (unpaired) electrons. The summed E-state index contributed by atoms with van der Waals surface area (Å²) in [7, 11) is 0. The number of carbonyl (C=O) groups excluding carboxylic acids is 2. The minimum atomic E-state index is -0.518. The van der Waals surface area contributed by atoms with Crippen molar-refractivity contribution < 1.29 is 23.8 Å². The lowest BCUT2D eigenvalue weighted by atomic mass is 9.85. The average molecular weight is 470 g/mol. The van der Waals surface area contributed by atoms with Crippen molar-refractivity contribution in [2.45, 2.75) is 59.8 Å². The van der Waals surface area contributed by atoms with Crippen molar-refractivity contribution in [1.29, 1.82) is 0 Å². The molecule has 0 aliphatic rings. The molecular formula is C28H39NO5. The maximum absolute atomic E-state index is 13.4. The van der Waals surface area contributed by atoms with Crippen molar-refractivity contribution in [3.8, 4) is 11.5 Å². The number of hydrogen-bond acceptors (Lipinski definition) is 6. The highest BCUT2D eigenvalue weighted by atomic mass is 16.5. The smallest absolute Gasteiger partial charge is 0.309 e. The summed E-state index contributed by atoms with van der Waals surface area (Å²) in [5, 5.41) is 0. The van der Waals surface area contributed by atoms with Crippen molar-refractivity contribution in [1.82, 2.24) is 0 Å². The number of anilines is 1. The molecule has 2 rings (SSSR count). The summed E-state index contributed by atoms with van der Waals surface area (Å²) in [5.41, 5.74) is 8.66. The third-order valence-electron chi connectivity index (χ3n) is 5.73. The minimum absolute atomic E-state index is 0.0818. The lowest BCUT2D eigenvalue weighted by Gasteiger charge is -2.20. The van der Waals surface area contributed by atoms with Gasteiger partial charge in [-0.25, -0.2) is 0 Å². The van der Waals surface area contributed by atoms with Gasteiger partial charge in [0, 0.05) is 12.3 Å². The largest absolute Gasteiger partial charge is 0.494 e. The van der Waals surface area contributed by atoms with Crippen LogP contribution >= 0.6 is 0 Å². The van der Waals surface area contributed by atoms with E-state index >= 15 is 0 Å². The van der Waals surface area contributed by atoms with E-state index in [1.165, 1.54) is 0 Å². The fourth-order valence-electron chi connectivity index (χ4n) is 4.10. The Balaban J connectivity index is 2.14. The Bertz CT molecular complexity index is 910. The molecule has 34 heavy (non-hydrogen) atoms. The molecule has 0 amide bonds. The van der Waals surface area contributed by atoms with Gasteiger partial charge >= 0.3 is 5.97 Å². The van der Waals surface area contributed by atoms with Crippen LogP contribution in [0.25, 0.3) is 0 Å². The summed E-state index contributed by atoms with van der Waals surface area (Å²) in [6.07, 6.45) is 2.83. The number of Topliss-reactive ketones (excluding diaryl/α,β-unsaturated/α-hetero) is 1. The Hall–Kier alpha value is -3.02. The third kappa shape index (κ3) is 8.40. The first-order valence-corrected chi connectivity index (χ1v) is 12.3. The van der Waals surface area contributed by atoms with E-state index in [0.717, 1.165) is 29.7 Å². The number of hydrogen-bond donors (Lipinski definition) is 1. The molecule has 2 aromatic rings. The third-order valence-corrected chi connectivity index (χ3v) is 5.73. The molecule has 0 spiro atoms. The van der Waals surface area contributed by atoms with E-state index in [4.69, 9.17) is 19.9 Å². The molecule has 2 N–H and O–H groups in total. The van der Waals surface area contributed by atoms with Gasteiger partial charge in [-0.3, -0.25) is 9.59 Å². The van der Waals surface area contributed by atoms with E-state index < -0.39 is 5.92 Å². The Morgan fingerprint density at radius 2 is 1.47 bits per heavy atom. The van der Waals surface area contributed by atoms with Crippen LogP contribution in [-0.4, -0.2) is 31.6 Å². The van der Waals surface area contributed by atoms with Crippen LogP contribution in [0.15, 0.2) is 42.5 Å². The van der Waals surface area contributed by atoms with Crippen molar-refractivity contribution >= 4 is 17.4 Å². The number of carbonyl (C=O) groups is 2. The number of rotatable bonds is 15. The van der Waals surface area contributed by atoms with Crippen LogP contribution < -0.4 is 15.2 Å². The first-order chi connectivity index (χ1) is 16.4. The molecule has 2 unspecified atom stereocenters. The maximum Gasteiger partial charge on any atom is 0.309 e. The van der Waals surface area contributed by atoms with Gasteiger partial charge in [-0.1, -0.05) is 31.5 Å². The highest BCUT2D eigenvalue weighted by Gasteiger charge is 2.28. The van der Waals surface area contributed by atoms with Gasteiger partial charge in [0.2, 0.25) is 0 Å². The highest BCUT2D eigenvalue weighted by molar-refractivity contribution is 5.86. The number of nitrogens with two attached hydrogens (primary N) is 1. The lowest BCUT2D eigenvalue weighted by Crippen LogP contribution is -2.27. The Kier molecular flexibility index (Phi) is 11.4. The van der Waals surface area contributed by atoms with Gasteiger partial charge in [-0.15, -0.1) is 0 Å². The summed E-state index contributed by atoms with van der Waals surface area (Å²) in [6.45, 7) is 9.12. The standard InChI is InChI=1S/C28H39NO5/c1-5-9-22(17-21-12-15-27(33-7-3)25(29)18-21)26(30)19-23(28(31)34-8-4)16-20-10-13-24(14-11-20)32-6-2/h10-15,18,22-23H,5-9,16-17,19,29H2,1-4H3. The zero-order valence-corrected chi connectivity index (χ0v) is 21.0. The molecule has 6 heteroatoms. The van der Waals surface area contributed by atoms with Crippen LogP contribution in [0.5, 0.6) is 11.5 Å². The van der Waals surface area contributed by atoms with Crippen LogP contribution in [-0.2, 0) is 27.2 Å². The monoisotopic (exact) mass is 469 g/mol. The molecule has 186 valence electrons. The predicted octanol–water partition coefficient (Wildman–Crippen LogP) is 5.41. The van der Waals surface area contributed by atoms with Crippen molar-refractivity contribution in [3.63, 3.8) is 0 Å². The Morgan fingerprint density at radius 3 is 2.06 bits per heavy atom. The molecule has 0 saturated heterocycles. The van der Waals surface area contributed by atoms with E-state index in [2.05, 4.69) is 6.92 Å². The van der Waals surface area contributed by atoms with E-state index in [9.17, 15) is 9.59 Å². The topological polar surface area (TPSA) is 87.9 Å². The number of esters is 1. The molecule has 0 bridgehead atoms. The van der Waals surface area contributed by atoms with Crippen LogP contribution in [0.1, 0.15) is 58.1 Å². The van der Waals surface area contributed by atoms with E-state index in [1.807, 2.05) is 56.3 Å². The fourth-order valence-corrected chi connectivity index (χ4v) is 4.10. The summed E-state index contributed by atoms with van der Waals surface area (Å²) in [4.78, 5) is 26.1. The summed E-state index contributed by atoms with van der Waals surface area (Å²) in [6, 6.07) is 13.3. The molecule has 0 heterocycles. The molecule has 0 aromatic heterocycles. The van der Waals surface area contributed by atoms with Crippen LogP contribution in [0.2, 0.25) is 0 Å². The predicted molar refractivity (Wildman–Crippen MR) is 135 cm³/mol. The normalized spacial score (nSPS) is 12.6. The first kappa shape index (κ1) is 27.2. The molecule has 0 aliphatic heterocycles. The number of benzene rings is 2. The minimum Gasteiger partial charge on any atom is -0.494 e. The quantitative estimate of drug-likeness (QED) is 0.277. The van der Waals surface area contributed by atoms with Crippen molar-refractivity contribution in [2.24, 2.45) is 11.8 Å².